The molecule has 1 nitrogen and oxygen atoms in total. The molecule has 0 fully saturated rings. The van der Waals surface area contributed by atoms with Gasteiger partial charge < -0.3 is 5.32 Å². The summed E-state index contributed by atoms with van der Waals surface area (Å²) in [5.41, 5.74) is 4.08. The molecule has 0 saturated heterocycles. The summed E-state index contributed by atoms with van der Waals surface area (Å²) in [5.74, 6) is 0. The summed E-state index contributed by atoms with van der Waals surface area (Å²) in [4.78, 5) is 0. The van der Waals surface area contributed by atoms with Crippen LogP contribution in [0.5, 0.6) is 0 Å². The van der Waals surface area contributed by atoms with Crippen molar-refractivity contribution in [3.63, 3.8) is 0 Å². The van der Waals surface area contributed by atoms with Crippen LogP contribution in [0.2, 0.25) is 5.02 Å². The Labute approximate surface area is 96.5 Å². The third kappa shape index (κ3) is 3.14. The number of aryl methyl sites for hydroxylation is 1. The lowest BCUT2D eigenvalue weighted by Gasteiger charge is -2.10. The molecule has 0 amide bonds. The molecule has 0 aliphatic carbocycles. The molecule has 15 heavy (non-hydrogen) atoms. The van der Waals surface area contributed by atoms with Crippen molar-refractivity contribution in [2.24, 2.45) is 0 Å². The number of allylic oxidation sites excluding steroid dienone is 2. The van der Waals surface area contributed by atoms with Gasteiger partial charge in [-0.15, -0.1) is 0 Å². The van der Waals surface area contributed by atoms with E-state index in [4.69, 9.17) is 11.6 Å². The third-order valence-corrected chi connectivity index (χ3v) is 2.78. The zero-order valence-corrected chi connectivity index (χ0v) is 10.2. The fraction of sp³-hybridized carbons (Fsp3) is 0.231. The molecule has 0 atom stereocenters. The number of nitrogens with one attached hydrogen (secondary N) is 1. The van der Waals surface area contributed by atoms with Crippen LogP contribution in [0.4, 0.5) is 5.69 Å². The maximum atomic E-state index is 6.03. The third-order valence-electron chi connectivity index (χ3n) is 2.38. The Balaban J connectivity index is 2.82. The summed E-state index contributed by atoms with van der Waals surface area (Å²) in [6.45, 7) is 9.94. The molecule has 2 heteroatoms. The Kier molecular flexibility index (Phi) is 3.98. The molecule has 0 aliphatic rings. The van der Waals surface area contributed by atoms with Gasteiger partial charge in [-0.3, -0.25) is 0 Å². The van der Waals surface area contributed by atoms with Crippen molar-refractivity contribution in [1.82, 2.24) is 0 Å². The van der Waals surface area contributed by atoms with Gasteiger partial charge in [-0.1, -0.05) is 30.3 Å². The van der Waals surface area contributed by atoms with Crippen LogP contribution >= 0.6 is 11.6 Å². The van der Waals surface area contributed by atoms with Crippen LogP contribution in [0.15, 0.2) is 42.1 Å². The Morgan fingerprint density at radius 1 is 1.47 bits per heavy atom. The molecule has 1 N–H and O–H groups in total. The van der Waals surface area contributed by atoms with E-state index in [0.29, 0.717) is 0 Å². The first-order valence-corrected chi connectivity index (χ1v) is 5.27. The second-order valence-corrected chi connectivity index (χ2v) is 3.95. The minimum atomic E-state index is 0.769. The molecule has 0 saturated carbocycles. The van der Waals surface area contributed by atoms with Gasteiger partial charge in [0, 0.05) is 16.4 Å². The number of hydrogen-bond acceptors (Lipinski definition) is 1. The molecular formula is C13H16ClN. The maximum Gasteiger partial charge on any atom is 0.0455 e. The predicted molar refractivity (Wildman–Crippen MR) is 68.4 cm³/mol. The van der Waals surface area contributed by atoms with E-state index in [0.717, 1.165) is 27.5 Å². The number of halogens is 1. The zero-order valence-electron chi connectivity index (χ0n) is 9.39. The van der Waals surface area contributed by atoms with E-state index in [1.54, 1.807) is 0 Å². The first-order valence-electron chi connectivity index (χ1n) is 4.90. The summed E-state index contributed by atoms with van der Waals surface area (Å²) in [5, 5.41) is 3.98. The van der Waals surface area contributed by atoms with Crippen molar-refractivity contribution in [2.45, 2.75) is 20.8 Å². The molecular weight excluding hydrogens is 206 g/mol. The Morgan fingerprint density at radius 3 is 2.67 bits per heavy atom. The van der Waals surface area contributed by atoms with Crippen LogP contribution < -0.4 is 5.32 Å². The second-order valence-electron chi connectivity index (χ2n) is 3.54. The van der Waals surface area contributed by atoms with Crippen molar-refractivity contribution in [1.29, 1.82) is 0 Å². The van der Waals surface area contributed by atoms with E-state index < -0.39 is 0 Å². The van der Waals surface area contributed by atoms with Crippen LogP contribution in [-0.2, 0) is 0 Å². The lowest BCUT2D eigenvalue weighted by molar-refractivity contribution is 1.33. The summed E-state index contributed by atoms with van der Waals surface area (Å²) < 4.78 is 0. The molecule has 1 aromatic rings. The highest BCUT2D eigenvalue weighted by molar-refractivity contribution is 6.31. The van der Waals surface area contributed by atoms with Gasteiger partial charge in [0.1, 0.15) is 0 Å². The SMILES string of the molecule is C=C(Nc1ccc(C)c(Cl)c1)/C(C)=C/C. The molecule has 80 valence electrons. The van der Waals surface area contributed by atoms with Gasteiger partial charge in [-0.2, -0.15) is 0 Å². The minimum absolute atomic E-state index is 0.769. The van der Waals surface area contributed by atoms with Gasteiger partial charge in [0.05, 0.1) is 0 Å². The quantitative estimate of drug-likeness (QED) is 0.739. The lowest BCUT2D eigenvalue weighted by Crippen LogP contribution is -1.99. The van der Waals surface area contributed by atoms with Gasteiger partial charge in [0.2, 0.25) is 0 Å². The molecule has 0 heterocycles. The minimum Gasteiger partial charge on any atom is -0.356 e. The first-order chi connectivity index (χ1) is 7.04. The van der Waals surface area contributed by atoms with Crippen LogP contribution in [0.25, 0.3) is 0 Å². The number of anilines is 1. The molecule has 1 aromatic carbocycles. The smallest absolute Gasteiger partial charge is 0.0455 e. The Bertz CT molecular complexity index is 405. The number of benzene rings is 1. The van der Waals surface area contributed by atoms with E-state index in [9.17, 15) is 0 Å². The summed E-state index contributed by atoms with van der Waals surface area (Å²) in [6, 6.07) is 5.89. The monoisotopic (exact) mass is 221 g/mol. The Morgan fingerprint density at radius 2 is 2.13 bits per heavy atom. The van der Waals surface area contributed by atoms with E-state index in [1.807, 2.05) is 45.0 Å². The second kappa shape index (κ2) is 5.04. The summed E-state index contributed by atoms with van der Waals surface area (Å²) >= 11 is 6.03. The molecule has 0 aromatic heterocycles. The van der Waals surface area contributed by atoms with Gasteiger partial charge in [0.15, 0.2) is 0 Å². The summed E-state index contributed by atoms with van der Waals surface area (Å²) in [7, 11) is 0. The van der Waals surface area contributed by atoms with E-state index in [-0.39, 0.29) is 0 Å². The summed E-state index contributed by atoms with van der Waals surface area (Å²) in [6.07, 6.45) is 2.02. The van der Waals surface area contributed by atoms with Crippen LogP contribution in [0.1, 0.15) is 19.4 Å². The van der Waals surface area contributed by atoms with Gasteiger partial charge >= 0.3 is 0 Å². The normalized spacial score (nSPS) is 11.3. The highest BCUT2D eigenvalue weighted by Crippen LogP contribution is 2.21. The fourth-order valence-electron chi connectivity index (χ4n) is 1.12. The van der Waals surface area contributed by atoms with Crippen LogP contribution in [-0.4, -0.2) is 0 Å². The molecule has 0 aliphatic heterocycles. The Hall–Kier alpha value is -1.21. The van der Waals surface area contributed by atoms with Gasteiger partial charge in [-0.25, -0.2) is 0 Å². The topological polar surface area (TPSA) is 12.0 Å². The molecule has 0 bridgehead atoms. The van der Waals surface area contributed by atoms with Gasteiger partial charge in [-0.05, 0) is 44.0 Å². The molecule has 0 unspecified atom stereocenters. The van der Waals surface area contributed by atoms with E-state index in [1.165, 1.54) is 0 Å². The standard InChI is InChI=1S/C13H16ClN/c1-5-9(2)11(4)15-12-7-6-10(3)13(14)8-12/h5-8,15H,4H2,1-3H3/b9-5+. The van der Waals surface area contributed by atoms with Crippen molar-refractivity contribution in [3.05, 3.63) is 52.7 Å². The average molecular weight is 222 g/mol. The lowest BCUT2D eigenvalue weighted by atomic mass is 10.2. The number of rotatable bonds is 3. The van der Waals surface area contributed by atoms with E-state index >= 15 is 0 Å². The van der Waals surface area contributed by atoms with Crippen LogP contribution in [0.3, 0.4) is 0 Å². The molecule has 1 rings (SSSR count). The molecule has 0 radical (unpaired) electrons. The highest BCUT2D eigenvalue weighted by atomic mass is 35.5. The van der Waals surface area contributed by atoms with Gasteiger partial charge in [0.25, 0.3) is 0 Å². The largest absolute Gasteiger partial charge is 0.356 e. The molecule has 0 spiro atoms. The first kappa shape index (κ1) is 11.9. The van der Waals surface area contributed by atoms with E-state index in [2.05, 4.69) is 11.9 Å². The predicted octanol–water partition coefficient (Wildman–Crippen LogP) is 4.54. The van der Waals surface area contributed by atoms with Crippen molar-refractivity contribution >= 4 is 17.3 Å². The number of hydrogen-bond donors (Lipinski definition) is 1. The highest BCUT2D eigenvalue weighted by Gasteiger charge is 2.00. The van der Waals surface area contributed by atoms with Crippen molar-refractivity contribution < 1.29 is 0 Å². The average Bonchev–Trinajstić information content (AvgIpc) is 2.22. The van der Waals surface area contributed by atoms with Crippen molar-refractivity contribution in [2.75, 3.05) is 5.32 Å². The fourth-order valence-corrected chi connectivity index (χ4v) is 1.30. The van der Waals surface area contributed by atoms with Crippen molar-refractivity contribution in [3.8, 4) is 0 Å². The maximum absolute atomic E-state index is 6.03. The van der Waals surface area contributed by atoms with Crippen LogP contribution in [0, 0.1) is 6.92 Å². The zero-order chi connectivity index (χ0) is 11.4.